The number of aliphatic hydroxyl groups excluding tert-OH is 1. The Bertz CT molecular complexity index is 1490. The first-order valence-corrected chi connectivity index (χ1v) is 14.5. The maximum Gasteiger partial charge on any atom is 0.323 e. The Labute approximate surface area is 238 Å². The van der Waals surface area contributed by atoms with Crippen molar-refractivity contribution in [3.05, 3.63) is 84.2 Å². The first-order chi connectivity index (χ1) is 19.5. The smallest absolute Gasteiger partial charge is 0.323 e. The standard InChI is InChI=1S/C29H33FN4O6S/c1-19-16-34(20(2)18-35)28(36)25-15-23(32-29(37)31-22-7-5-4-6-8-22)11-14-26(25)40-27(19)17-33(3)41(38,39)24-12-9-21(30)10-13-24/h4-15,19-20,27,35H,16-18H2,1-3H3,(H2,31,32,37)/t19-,20-,27-/m1/s1. The van der Waals surface area contributed by atoms with Gasteiger partial charge in [0.2, 0.25) is 10.0 Å². The number of hydrogen-bond donors (Lipinski definition) is 3. The first kappa shape index (κ1) is 30.0. The van der Waals surface area contributed by atoms with E-state index in [1.54, 1.807) is 43.3 Å². The maximum atomic E-state index is 13.6. The van der Waals surface area contributed by atoms with E-state index in [-0.39, 0.29) is 41.8 Å². The molecular weight excluding hydrogens is 551 g/mol. The summed E-state index contributed by atoms with van der Waals surface area (Å²) in [6.07, 6.45) is -0.685. The molecule has 0 bridgehead atoms. The Kier molecular flexibility index (Phi) is 9.26. The lowest BCUT2D eigenvalue weighted by molar-refractivity contribution is 0.0387. The summed E-state index contributed by atoms with van der Waals surface area (Å²) in [6, 6.07) is 17.0. The highest BCUT2D eigenvalue weighted by molar-refractivity contribution is 7.89. The molecule has 0 aliphatic carbocycles. The van der Waals surface area contributed by atoms with Gasteiger partial charge in [0, 0.05) is 30.9 Å². The van der Waals surface area contributed by atoms with Gasteiger partial charge in [-0.3, -0.25) is 4.79 Å². The molecule has 0 spiro atoms. The highest BCUT2D eigenvalue weighted by Crippen LogP contribution is 2.31. The van der Waals surface area contributed by atoms with Crippen molar-refractivity contribution in [2.45, 2.75) is 30.9 Å². The number of fused-ring (bicyclic) bond motifs is 1. The molecule has 3 amide bonds. The second kappa shape index (κ2) is 12.7. The Morgan fingerprint density at radius 3 is 2.41 bits per heavy atom. The molecule has 0 radical (unpaired) electrons. The number of para-hydroxylation sites is 1. The van der Waals surface area contributed by atoms with Crippen molar-refractivity contribution < 1.29 is 32.2 Å². The Hall–Kier alpha value is -4.00. The van der Waals surface area contributed by atoms with Crippen LogP contribution in [0.25, 0.3) is 0 Å². The number of carbonyl (C=O) groups is 2. The Morgan fingerprint density at radius 2 is 1.76 bits per heavy atom. The number of hydrogen-bond acceptors (Lipinski definition) is 6. The summed E-state index contributed by atoms with van der Waals surface area (Å²) in [4.78, 5) is 27.6. The van der Waals surface area contributed by atoms with E-state index >= 15 is 0 Å². The number of amides is 3. The number of ether oxygens (including phenoxy) is 1. The highest BCUT2D eigenvalue weighted by atomic mass is 32.2. The summed E-state index contributed by atoms with van der Waals surface area (Å²) < 4.78 is 47.1. The van der Waals surface area contributed by atoms with Crippen LogP contribution in [-0.4, -0.2) is 73.6 Å². The molecular formula is C29H33FN4O6S. The molecule has 3 aromatic rings. The number of urea groups is 1. The van der Waals surface area contributed by atoms with Crippen LogP contribution in [0.2, 0.25) is 0 Å². The molecule has 41 heavy (non-hydrogen) atoms. The number of rotatable bonds is 8. The molecule has 1 heterocycles. The third-order valence-corrected chi connectivity index (χ3v) is 8.75. The van der Waals surface area contributed by atoms with E-state index in [0.29, 0.717) is 11.4 Å². The SMILES string of the molecule is C[C@@H]1CN([C@H](C)CO)C(=O)c2cc(NC(=O)Nc3ccccc3)ccc2O[C@@H]1CN(C)S(=O)(=O)c1ccc(F)cc1. The minimum absolute atomic E-state index is 0.0597. The van der Waals surface area contributed by atoms with Crippen molar-refractivity contribution in [3.8, 4) is 5.75 Å². The summed E-state index contributed by atoms with van der Waals surface area (Å²) >= 11 is 0. The Balaban J connectivity index is 1.61. The largest absolute Gasteiger partial charge is 0.488 e. The van der Waals surface area contributed by atoms with Gasteiger partial charge >= 0.3 is 6.03 Å². The molecule has 0 saturated carbocycles. The summed E-state index contributed by atoms with van der Waals surface area (Å²) in [5, 5.41) is 15.3. The van der Waals surface area contributed by atoms with Crippen molar-refractivity contribution in [2.75, 3.05) is 37.4 Å². The monoisotopic (exact) mass is 584 g/mol. The molecule has 0 fully saturated rings. The predicted octanol–water partition coefficient (Wildman–Crippen LogP) is 4.01. The van der Waals surface area contributed by atoms with Gasteiger partial charge in [0.25, 0.3) is 5.91 Å². The third-order valence-electron chi connectivity index (χ3n) is 6.91. The molecule has 0 unspecified atom stereocenters. The van der Waals surface area contributed by atoms with Crippen LogP contribution in [0.3, 0.4) is 0 Å². The van der Waals surface area contributed by atoms with Crippen molar-refractivity contribution in [1.29, 1.82) is 0 Å². The number of anilines is 2. The number of likely N-dealkylation sites (N-methyl/N-ethyl adjacent to an activating group) is 1. The fraction of sp³-hybridized carbons (Fsp3) is 0.310. The van der Waals surface area contributed by atoms with Gasteiger partial charge in [-0.1, -0.05) is 25.1 Å². The van der Waals surface area contributed by atoms with Gasteiger partial charge in [0.1, 0.15) is 17.7 Å². The van der Waals surface area contributed by atoms with Crippen LogP contribution in [-0.2, 0) is 10.0 Å². The highest BCUT2D eigenvalue weighted by Gasteiger charge is 2.35. The quantitative estimate of drug-likeness (QED) is 0.367. The first-order valence-electron chi connectivity index (χ1n) is 13.1. The number of nitrogens with one attached hydrogen (secondary N) is 2. The molecule has 3 N–H and O–H groups in total. The van der Waals surface area contributed by atoms with Gasteiger partial charge in [0.05, 0.1) is 29.7 Å². The molecule has 0 saturated heterocycles. The second-order valence-electron chi connectivity index (χ2n) is 10.0. The van der Waals surface area contributed by atoms with Crippen LogP contribution < -0.4 is 15.4 Å². The lowest BCUT2D eigenvalue weighted by Gasteiger charge is -2.38. The zero-order valence-electron chi connectivity index (χ0n) is 23.0. The number of nitrogens with zero attached hydrogens (tertiary/aromatic N) is 2. The van der Waals surface area contributed by atoms with Crippen LogP contribution >= 0.6 is 0 Å². The lowest BCUT2D eigenvalue weighted by atomic mass is 9.99. The van der Waals surface area contributed by atoms with E-state index in [1.807, 2.05) is 13.0 Å². The average Bonchev–Trinajstić information content (AvgIpc) is 2.95. The van der Waals surface area contributed by atoms with Crippen LogP contribution in [0.15, 0.2) is 77.7 Å². The zero-order chi connectivity index (χ0) is 29.7. The summed E-state index contributed by atoms with van der Waals surface area (Å²) in [5.41, 5.74) is 1.09. The molecule has 4 rings (SSSR count). The van der Waals surface area contributed by atoms with E-state index in [4.69, 9.17) is 4.74 Å². The fourth-order valence-corrected chi connectivity index (χ4v) is 5.65. The zero-order valence-corrected chi connectivity index (χ0v) is 23.8. The normalized spacial score (nSPS) is 18.1. The van der Waals surface area contributed by atoms with E-state index in [1.165, 1.54) is 30.1 Å². The number of benzene rings is 3. The van der Waals surface area contributed by atoms with Crippen molar-refractivity contribution in [3.63, 3.8) is 0 Å². The summed E-state index contributed by atoms with van der Waals surface area (Å²) in [5.74, 6) is -1.06. The number of aliphatic hydroxyl groups is 1. The van der Waals surface area contributed by atoms with Gasteiger partial charge in [-0.2, -0.15) is 4.31 Å². The molecule has 10 nitrogen and oxygen atoms in total. The molecule has 12 heteroatoms. The topological polar surface area (TPSA) is 128 Å². The van der Waals surface area contributed by atoms with E-state index in [2.05, 4.69) is 10.6 Å². The van der Waals surface area contributed by atoms with E-state index < -0.39 is 39.9 Å². The maximum absolute atomic E-state index is 13.6. The molecule has 3 aromatic carbocycles. The van der Waals surface area contributed by atoms with Crippen molar-refractivity contribution in [1.82, 2.24) is 9.21 Å². The number of halogens is 1. The molecule has 218 valence electrons. The van der Waals surface area contributed by atoms with Crippen molar-refractivity contribution >= 4 is 33.3 Å². The molecule has 1 aliphatic rings. The van der Waals surface area contributed by atoms with Gasteiger partial charge in [0.15, 0.2) is 0 Å². The molecule has 0 aromatic heterocycles. The van der Waals surface area contributed by atoms with Gasteiger partial charge < -0.3 is 25.4 Å². The minimum atomic E-state index is -3.96. The van der Waals surface area contributed by atoms with Gasteiger partial charge in [-0.05, 0) is 61.5 Å². The molecule has 3 atom stereocenters. The predicted molar refractivity (Wildman–Crippen MR) is 153 cm³/mol. The van der Waals surface area contributed by atoms with Crippen LogP contribution in [0, 0.1) is 11.7 Å². The van der Waals surface area contributed by atoms with Gasteiger partial charge in [-0.25, -0.2) is 17.6 Å². The third kappa shape index (κ3) is 7.02. The minimum Gasteiger partial charge on any atom is -0.488 e. The van der Waals surface area contributed by atoms with Crippen LogP contribution in [0.1, 0.15) is 24.2 Å². The van der Waals surface area contributed by atoms with Gasteiger partial charge in [-0.15, -0.1) is 0 Å². The van der Waals surface area contributed by atoms with Crippen LogP contribution in [0.4, 0.5) is 20.6 Å². The molecule has 1 aliphatic heterocycles. The summed E-state index contributed by atoms with van der Waals surface area (Å²) in [6.45, 7) is 3.39. The van der Waals surface area contributed by atoms with E-state index in [9.17, 15) is 27.5 Å². The number of carbonyl (C=O) groups excluding carboxylic acids is 2. The van der Waals surface area contributed by atoms with E-state index in [0.717, 1.165) is 16.4 Å². The Morgan fingerprint density at radius 1 is 1.10 bits per heavy atom. The average molecular weight is 585 g/mol. The number of sulfonamides is 1. The fourth-order valence-electron chi connectivity index (χ4n) is 4.47. The van der Waals surface area contributed by atoms with Crippen LogP contribution in [0.5, 0.6) is 5.75 Å². The summed E-state index contributed by atoms with van der Waals surface area (Å²) in [7, 11) is -2.55. The van der Waals surface area contributed by atoms with Crippen molar-refractivity contribution in [2.24, 2.45) is 5.92 Å². The second-order valence-corrected chi connectivity index (χ2v) is 12.1. The lowest BCUT2D eigenvalue weighted by Crippen LogP contribution is -2.50.